The van der Waals surface area contributed by atoms with E-state index in [1.807, 2.05) is 61.5 Å². The molecular formula is C28H27N3O4S. The van der Waals surface area contributed by atoms with Crippen LogP contribution in [0.3, 0.4) is 0 Å². The van der Waals surface area contributed by atoms with Gasteiger partial charge < -0.3 is 20.0 Å². The molecule has 0 aliphatic rings. The maximum Gasteiger partial charge on any atom is 0.360 e. The third-order valence-electron chi connectivity index (χ3n) is 5.54. The largest absolute Gasteiger partial charge is 0.476 e. The summed E-state index contributed by atoms with van der Waals surface area (Å²) in [6.07, 6.45) is 0. The summed E-state index contributed by atoms with van der Waals surface area (Å²) in [5, 5.41) is 19.4. The van der Waals surface area contributed by atoms with Gasteiger partial charge in [0.05, 0.1) is 6.61 Å². The third kappa shape index (κ3) is 5.62. The predicted octanol–water partition coefficient (Wildman–Crippen LogP) is 5.39. The molecule has 0 amide bonds. The third-order valence-corrected chi connectivity index (χ3v) is 6.30. The first-order chi connectivity index (χ1) is 17.6. The molecule has 0 aliphatic heterocycles. The van der Waals surface area contributed by atoms with Gasteiger partial charge in [-0.15, -0.1) is 11.3 Å². The summed E-state index contributed by atoms with van der Waals surface area (Å²) in [6, 6.07) is 30.3. The zero-order chi connectivity index (χ0) is 25.2. The van der Waals surface area contributed by atoms with E-state index in [1.165, 1.54) is 11.3 Å². The number of hydrogen-bond acceptors (Lipinski definition) is 7. The van der Waals surface area contributed by atoms with Gasteiger partial charge in [-0.3, -0.25) is 0 Å². The van der Waals surface area contributed by atoms with Crippen molar-refractivity contribution in [1.29, 1.82) is 0 Å². The van der Waals surface area contributed by atoms with Crippen molar-refractivity contribution in [2.45, 2.75) is 12.5 Å². The maximum absolute atomic E-state index is 11.9. The van der Waals surface area contributed by atoms with E-state index in [9.17, 15) is 9.90 Å². The normalized spacial score (nSPS) is 11.8. The van der Waals surface area contributed by atoms with Crippen molar-refractivity contribution in [3.63, 3.8) is 0 Å². The molecule has 1 aromatic heterocycles. The summed E-state index contributed by atoms with van der Waals surface area (Å²) < 4.78 is 5.20. The fourth-order valence-electron chi connectivity index (χ4n) is 3.93. The van der Waals surface area contributed by atoms with E-state index in [4.69, 9.17) is 9.57 Å². The number of benzene rings is 3. The molecular weight excluding hydrogens is 474 g/mol. The van der Waals surface area contributed by atoms with E-state index in [-0.39, 0.29) is 18.0 Å². The van der Waals surface area contributed by atoms with Crippen molar-refractivity contribution >= 4 is 28.1 Å². The van der Waals surface area contributed by atoms with Crippen LogP contribution in [-0.4, -0.2) is 41.6 Å². The van der Waals surface area contributed by atoms with Gasteiger partial charge in [0, 0.05) is 12.0 Å². The molecule has 0 radical (unpaired) electrons. The fraction of sp³-hybridized carbons (Fsp3) is 0.179. The first-order valence-corrected chi connectivity index (χ1v) is 12.4. The number of oxime groups is 1. The molecule has 3 aromatic carbocycles. The van der Waals surface area contributed by atoms with Crippen molar-refractivity contribution in [3.05, 3.63) is 119 Å². The lowest BCUT2D eigenvalue weighted by Crippen LogP contribution is -2.38. The summed E-state index contributed by atoms with van der Waals surface area (Å²) >= 11 is 1.31. The van der Waals surface area contributed by atoms with Crippen LogP contribution in [0.1, 0.15) is 29.3 Å². The molecule has 0 bridgehead atoms. The average molecular weight is 502 g/mol. The predicted molar refractivity (Wildman–Crippen MR) is 142 cm³/mol. The van der Waals surface area contributed by atoms with Crippen LogP contribution in [0.15, 0.2) is 102 Å². The number of hydrogen-bond donors (Lipinski definition) is 2. The second kappa shape index (κ2) is 12.1. The van der Waals surface area contributed by atoms with Crippen LogP contribution in [0, 0.1) is 0 Å². The van der Waals surface area contributed by atoms with Gasteiger partial charge in [0.2, 0.25) is 5.71 Å². The maximum atomic E-state index is 11.9. The van der Waals surface area contributed by atoms with E-state index >= 15 is 0 Å². The number of carboxylic acids is 1. The molecule has 0 aliphatic carbocycles. The number of aromatic nitrogens is 1. The number of carbonyl (C=O) groups is 1. The van der Waals surface area contributed by atoms with Crippen LogP contribution in [0.4, 0.5) is 5.13 Å². The zero-order valence-electron chi connectivity index (χ0n) is 19.8. The van der Waals surface area contributed by atoms with Gasteiger partial charge >= 0.3 is 5.97 Å². The Hall–Kier alpha value is -4.01. The molecule has 4 rings (SSSR count). The van der Waals surface area contributed by atoms with Crippen LogP contribution in [0.25, 0.3) is 0 Å². The summed E-state index contributed by atoms with van der Waals surface area (Å²) in [6.45, 7) is 2.89. The van der Waals surface area contributed by atoms with Gasteiger partial charge in [0.15, 0.2) is 5.13 Å². The number of ether oxygens (including phenoxy) is 1. The molecule has 0 fully saturated rings. The average Bonchev–Trinajstić information content (AvgIpc) is 3.38. The first-order valence-electron chi connectivity index (χ1n) is 11.6. The number of aliphatic carboxylic acids is 1. The minimum Gasteiger partial charge on any atom is -0.476 e. The minimum absolute atomic E-state index is 0.152. The molecule has 0 unspecified atom stereocenters. The fourth-order valence-corrected chi connectivity index (χ4v) is 4.68. The highest BCUT2D eigenvalue weighted by molar-refractivity contribution is 7.14. The zero-order valence-corrected chi connectivity index (χ0v) is 20.7. The molecule has 0 saturated carbocycles. The standard InChI is InChI=1S/C28H27N3O4S/c1-2-34-18-19-35-31-25(26(32)33)24-20-36-27(29-24)30-28(21-12-6-3-7-13-21,22-14-8-4-9-15-22)23-16-10-5-11-17-23/h3-17,20H,2,18-19H2,1H3,(H,29,30)(H,32,33)/b31-25+. The Morgan fingerprint density at radius 2 is 1.44 bits per heavy atom. The summed E-state index contributed by atoms with van der Waals surface area (Å²) in [4.78, 5) is 21.6. The number of nitrogens with zero attached hydrogens (tertiary/aromatic N) is 2. The minimum atomic E-state index is -1.22. The number of nitrogens with one attached hydrogen (secondary N) is 1. The molecule has 2 N–H and O–H groups in total. The molecule has 4 aromatic rings. The number of thiazole rings is 1. The lowest BCUT2D eigenvalue weighted by Gasteiger charge is -2.36. The number of carboxylic acid groups (broad SMARTS) is 1. The van der Waals surface area contributed by atoms with Crippen molar-refractivity contribution < 1.29 is 19.5 Å². The smallest absolute Gasteiger partial charge is 0.360 e. The first kappa shape index (κ1) is 25.1. The van der Waals surface area contributed by atoms with Gasteiger partial charge in [0.25, 0.3) is 0 Å². The lowest BCUT2D eigenvalue weighted by atomic mass is 9.77. The van der Waals surface area contributed by atoms with Crippen molar-refractivity contribution in [1.82, 2.24) is 4.98 Å². The molecule has 8 heteroatoms. The topological polar surface area (TPSA) is 93.0 Å². The second-order valence-corrected chi connectivity index (χ2v) is 8.64. The van der Waals surface area contributed by atoms with Crippen molar-refractivity contribution in [2.75, 3.05) is 25.1 Å². The molecule has 0 atom stereocenters. The molecule has 184 valence electrons. The SMILES string of the molecule is CCOCCO/N=C(/C(=O)O)c1csc(NC(c2ccccc2)(c2ccccc2)c2ccccc2)n1. The van der Waals surface area contributed by atoms with Crippen LogP contribution in [0.5, 0.6) is 0 Å². The number of anilines is 1. The highest BCUT2D eigenvalue weighted by Gasteiger charge is 2.37. The highest BCUT2D eigenvalue weighted by Crippen LogP contribution is 2.40. The van der Waals surface area contributed by atoms with E-state index in [2.05, 4.69) is 51.9 Å². The Bertz CT molecular complexity index is 1180. The van der Waals surface area contributed by atoms with Crippen LogP contribution >= 0.6 is 11.3 Å². The number of rotatable bonds is 12. The summed E-state index contributed by atoms with van der Waals surface area (Å²) in [5.74, 6) is -1.22. The van der Waals surface area contributed by atoms with Crippen LogP contribution in [0.2, 0.25) is 0 Å². The van der Waals surface area contributed by atoms with E-state index < -0.39 is 11.5 Å². The Labute approximate surface area is 214 Å². The molecule has 0 spiro atoms. The Morgan fingerprint density at radius 1 is 0.917 bits per heavy atom. The molecule has 7 nitrogen and oxygen atoms in total. The van der Waals surface area contributed by atoms with E-state index in [1.54, 1.807) is 5.38 Å². The summed E-state index contributed by atoms with van der Waals surface area (Å²) in [5.41, 5.74) is 2.24. The van der Waals surface area contributed by atoms with Crippen LogP contribution < -0.4 is 5.32 Å². The highest BCUT2D eigenvalue weighted by atomic mass is 32.1. The van der Waals surface area contributed by atoms with Crippen LogP contribution in [-0.2, 0) is 19.9 Å². The Balaban J connectivity index is 1.75. The van der Waals surface area contributed by atoms with E-state index in [0.29, 0.717) is 18.3 Å². The Kier molecular flexibility index (Phi) is 8.44. The van der Waals surface area contributed by atoms with Crippen molar-refractivity contribution in [3.8, 4) is 0 Å². The molecule has 1 heterocycles. The van der Waals surface area contributed by atoms with Gasteiger partial charge in [0.1, 0.15) is 17.8 Å². The lowest BCUT2D eigenvalue weighted by molar-refractivity contribution is -0.129. The molecule has 36 heavy (non-hydrogen) atoms. The van der Waals surface area contributed by atoms with Gasteiger partial charge in [-0.25, -0.2) is 9.78 Å². The monoisotopic (exact) mass is 501 g/mol. The van der Waals surface area contributed by atoms with Gasteiger partial charge in [-0.05, 0) is 23.6 Å². The second-order valence-electron chi connectivity index (χ2n) is 7.79. The summed E-state index contributed by atoms with van der Waals surface area (Å²) in [7, 11) is 0. The molecule has 0 saturated heterocycles. The van der Waals surface area contributed by atoms with E-state index in [0.717, 1.165) is 16.7 Å². The van der Waals surface area contributed by atoms with Gasteiger partial charge in [-0.2, -0.15) is 0 Å². The Morgan fingerprint density at radius 3 is 1.92 bits per heavy atom. The quantitative estimate of drug-likeness (QED) is 0.117. The van der Waals surface area contributed by atoms with Crippen molar-refractivity contribution in [2.24, 2.45) is 5.16 Å². The van der Waals surface area contributed by atoms with Gasteiger partial charge in [-0.1, -0.05) is 96.2 Å².